The van der Waals surface area contributed by atoms with Gasteiger partial charge in [0.25, 0.3) is 0 Å². The van der Waals surface area contributed by atoms with E-state index < -0.39 is 5.72 Å². The predicted molar refractivity (Wildman–Crippen MR) is 45.8 cm³/mol. The van der Waals surface area contributed by atoms with Crippen LogP contribution in [-0.4, -0.2) is 17.9 Å². The molecule has 0 N–H and O–H groups in total. The van der Waals surface area contributed by atoms with Gasteiger partial charge in [0.2, 0.25) is 6.08 Å². The lowest BCUT2D eigenvalue weighted by Gasteiger charge is -2.53. The molecular formula is C10H13NO2. The molecule has 4 rings (SSSR count). The van der Waals surface area contributed by atoms with Crippen molar-refractivity contribution in [2.75, 3.05) is 0 Å². The van der Waals surface area contributed by atoms with Crippen LogP contribution in [0.4, 0.5) is 0 Å². The second-order valence-electron chi connectivity index (χ2n) is 4.74. The molecule has 0 aromatic heterocycles. The molecule has 2 aliphatic heterocycles. The molecule has 0 amide bonds. The molecule has 0 aromatic carbocycles. The third-order valence-electron chi connectivity index (χ3n) is 3.71. The van der Waals surface area contributed by atoms with Crippen LogP contribution in [0, 0.1) is 11.8 Å². The van der Waals surface area contributed by atoms with Crippen LogP contribution in [0.25, 0.3) is 0 Å². The first-order chi connectivity index (χ1) is 6.30. The zero-order chi connectivity index (χ0) is 8.89. The van der Waals surface area contributed by atoms with Crippen LogP contribution in [0.3, 0.4) is 0 Å². The van der Waals surface area contributed by atoms with Crippen molar-refractivity contribution >= 4 is 6.08 Å². The third-order valence-corrected chi connectivity index (χ3v) is 3.71. The summed E-state index contributed by atoms with van der Waals surface area (Å²) in [5, 5.41) is 0. The summed E-state index contributed by atoms with van der Waals surface area (Å²) in [5.74, 6) is 1.51. The minimum absolute atomic E-state index is 0.378. The molecule has 70 valence electrons. The van der Waals surface area contributed by atoms with E-state index in [0.717, 1.165) is 24.7 Å². The van der Waals surface area contributed by atoms with Crippen molar-refractivity contribution in [2.45, 2.75) is 43.9 Å². The van der Waals surface area contributed by atoms with E-state index in [1.54, 1.807) is 6.08 Å². The van der Waals surface area contributed by atoms with Gasteiger partial charge in [0.05, 0.1) is 6.10 Å². The minimum Gasteiger partial charge on any atom is -0.350 e. The first-order valence-electron chi connectivity index (χ1n) is 5.06. The fraction of sp³-hybridized carbons (Fsp3) is 0.900. The molecule has 2 heterocycles. The number of isocyanates is 1. The van der Waals surface area contributed by atoms with Crippen LogP contribution < -0.4 is 0 Å². The molecule has 3 nitrogen and oxygen atoms in total. The Morgan fingerprint density at radius 1 is 1.23 bits per heavy atom. The van der Waals surface area contributed by atoms with Gasteiger partial charge in [-0.1, -0.05) is 0 Å². The number of carbonyl (C=O) groups excluding carboxylic acids is 1. The van der Waals surface area contributed by atoms with Crippen LogP contribution in [0.2, 0.25) is 0 Å². The fourth-order valence-electron chi connectivity index (χ4n) is 3.53. The molecule has 2 saturated heterocycles. The third kappa shape index (κ3) is 1.07. The Balaban J connectivity index is 1.95. The van der Waals surface area contributed by atoms with Crippen LogP contribution in [0.15, 0.2) is 4.99 Å². The zero-order valence-electron chi connectivity index (χ0n) is 7.53. The number of rotatable bonds is 1. The lowest BCUT2D eigenvalue weighted by atomic mass is 9.65. The molecule has 0 aromatic rings. The summed E-state index contributed by atoms with van der Waals surface area (Å²) in [6, 6.07) is 0. The van der Waals surface area contributed by atoms with Crippen LogP contribution in [0.1, 0.15) is 32.1 Å². The summed E-state index contributed by atoms with van der Waals surface area (Å²) in [6.07, 6.45) is 7.66. The standard InChI is InChI=1S/C10H13NO2/c12-6-11-10-4-7-1-8(5-10)3-9(2-7)13-10/h7-9H,1-5H2/t7-,8?,9?,10?/m0/s1. The summed E-state index contributed by atoms with van der Waals surface area (Å²) in [4.78, 5) is 14.2. The molecule has 3 unspecified atom stereocenters. The highest BCUT2D eigenvalue weighted by Gasteiger charge is 2.52. The molecule has 2 saturated carbocycles. The van der Waals surface area contributed by atoms with Gasteiger partial charge in [-0.15, -0.1) is 0 Å². The van der Waals surface area contributed by atoms with Crippen LogP contribution >= 0.6 is 0 Å². The SMILES string of the molecule is O=C=NC12CC3CC(C[C@H](C3)C1)O2. The Kier molecular flexibility index (Phi) is 1.44. The maximum atomic E-state index is 10.3. The summed E-state index contributed by atoms with van der Waals surface area (Å²) in [5.41, 5.74) is -0.448. The van der Waals surface area contributed by atoms with Crippen molar-refractivity contribution in [3.05, 3.63) is 0 Å². The number of nitrogens with zero attached hydrogens (tertiary/aromatic N) is 1. The van der Waals surface area contributed by atoms with Crippen molar-refractivity contribution in [3.63, 3.8) is 0 Å². The zero-order valence-corrected chi connectivity index (χ0v) is 7.53. The molecule has 4 fully saturated rings. The van der Waals surface area contributed by atoms with E-state index >= 15 is 0 Å². The van der Waals surface area contributed by atoms with Gasteiger partial charge in [0.1, 0.15) is 0 Å². The topological polar surface area (TPSA) is 38.7 Å². The summed E-state index contributed by atoms with van der Waals surface area (Å²) in [7, 11) is 0. The Labute approximate surface area is 77.2 Å². The van der Waals surface area contributed by atoms with Gasteiger partial charge in [-0.2, -0.15) is 4.99 Å². The highest BCUT2D eigenvalue weighted by Crippen LogP contribution is 2.53. The van der Waals surface area contributed by atoms with Crippen LogP contribution in [-0.2, 0) is 9.53 Å². The fourth-order valence-corrected chi connectivity index (χ4v) is 3.53. The van der Waals surface area contributed by atoms with E-state index in [2.05, 4.69) is 4.99 Å². The van der Waals surface area contributed by atoms with Crippen molar-refractivity contribution in [1.82, 2.24) is 0 Å². The van der Waals surface area contributed by atoms with Gasteiger partial charge >= 0.3 is 0 Å². The Morgan fingerprint density at radius 2 is 1.92 bits per heavy atom. The van der Waals surface area contributed by atoms with Crippen molar-refractivity contribution < 1.29 is 9.53 Å². The average Bonchev–Trinajstić information content (AvgIpc) is 2.00. The molecule has 4 atom stereocenters. The maximum absolute atomic E-state index is 10.3. The number of hydrogen-bond donors (Lipinski definition) is 0. The molecular weight excluding hydrogens is 166 g/mol. The molecule has 13 heavy (non-hydrogen) atoms. The molecule has 0 radical (unpaired) electrons. The highest BCUT2D eigenvalue weighted by atomic mass is 16.5. The largest absolute Gasteiger partial charge is 0.350 e. The molecule has 2 aliphatic carbocycles. The minimum atomic E-state index is -0.448. The summed E-state index contributed by atoms with van der Waals surface area (Å²) in [6.45, 7) is 0. The van der Waals surface area contributed by atoms with Gasteiger partial charge in [-0.05, 0) is 31.1 Å². The quantitative estimate of drug-likeness (QED) is 0.453. The molecule has 4 aliphatic rings. The number of ether oxygens (including phenoxy) is 1. The van der Waals surface area contributed by atoms with Gasteiger partial charge in [-0.25, -0.2) is 4.79 Å². The van der Waals surface area contributed by atoms with E-state index in [-0.39, 0.29) is 0 Å². The number of aliphatic imine (C=N–C) groups is 1. The van der Waals surface area contributed by atoms with Crippen molar-refractivity contribution in [3.8, 4) is 0 Å². The monoisotopic (exact) mass is 179 g/mol. The molecule has 3 heteroatoms. The Bertz CT molecular complexity index is 245. The lowest BCUT2D eigenvalue weighted by molar-refractivity contribution is -0.215. The van der Waals surface area contributed by atoms with Gasteiger partial charge in [0.15, 0.2) is 5.72 Å². The maximum Gasteiger partial charge on any atom is 0.237 e. The first kappa shape index (κ1) is 7.72. The van der Waals surface area contributed by atoms with Crippen molar-refractivity contribution in [2.24, 2.45) is 16.8 Å². The lowest BCUT2D eigenvalue weighted by Crippen LogP contribution is -2.53. The van der Waals surface area contributed by atoms with Crippen molar-refractivity contribution in [1.29, 1.82) is 0 Å². The van der Waals surface area contributed by atoms with E-state index in [0.29, 0.717) is 6.10 Å². The summed E-state index contributed by atoms with van der Waals surface area (Å²) >= 11 is 0. The van der Waals surface area contributed by atoms with E-state index in [1.165, 1.54) is 19.3 Å². The van der Waals surface area contributed by atoms with E-state index in [9.17, 15) is 4.79 Å². The normalized spacial score (nSPS) is 51.8. The Morgan fingerprint density at radius 3 is 2.46 bits per heavy atom. The van der Waals surface area contributed by atoms with Gasteiger partial charge in [-0.3, -0.25) is 0 Å². The summed E-state index contributed by atoms with van der Waals surface area (Å²) < 4.78 is 5.82. The van der Waals surface area contributed by atoms with E-state index in [1.807, 2.05) is 0 Å². The Hall–Kier alpha value is -0.660. The first-order valence-corrected chi connectivity index (χ1v) is 5.06. The van der Waals surface area contributed by atoms with Crippen LogP contribution in [0.5, 0.6) is 0 Å². The van der Waals surface area contributed by atoms with E-state index in [4.69, 9.17) is 4.74 Å². The average molecular weight is 179 g/mol. The molecule has 4 bridgehead atoms. The second-order valence-corrected chi connectivity index (χ2v) is 4.74. The second kappa shape index (κ2) is 2.43. The smallest absolute Gasteiger partial charge is 0.237 e. The molecule has 0 spiro atoms. The van der Waals surface area contributed by atoms with Gasteiger partial charge in [0, 0.05) is 12.8 Å². The van der Waals surface area contributed by atoms with Gasteiger partial charge < -0.3 is 4.74 Å². The predicted octanol–water partition coefficient (Wildman–Crippen LogP) is 1.63. The highest BCUT2D eigenvalue weighted by molar-refractivity contribution is 5.34. The number of hydrogen-bond acceptors (Lipinski definition) is 3.